The van der Waals surface area contributed by atoms with E-state index in [2.05, 4.69) is 16.0 Å². The molecular formula is C24H30N4O6. The van der Waals surface area contributed by atoms with E-state index in [1.165, 1.54) is 6.26 Å². The van der Waals surface area contributed by atoms with Crippen LogP contribution < -0.4 is 16.0 Å². The molecule has 1 unspecified atom stereocenters. The van der Waals surface area contributed by atoms with Gasteiger partial charge in [0.05, 0.1) is 32.4 Å². The number of esters is 1. The minimum atomic E-state index is -0.756. The van der Waals surface area contributed by atoms with Crippen LogP contribution in [0.2, 0.25) is 0 Å². The largest absolute Gasteiger partial charge is 0.467 e. The van der Waals surface area contributed by atoms with Crippen molar-refractivity contribution in [2.75, 3.05) is 31.6 Å². The third-order valence-corrected chi connectivity index (χ3v) is 5.34. The summed E-state index contributed by atoms with van der Waals surface area (Å²) in [6.45, 7) is 3.39. The van der Waals surface area contributed by atoms with E-state index in [0.717, 1.165) is 12.8 Å². The number of anilines is 1. The van der Waals surface area contributed by atoms with Gasteiger partial charge in [-0.2, -0.15) is 0 Å². The Kier molecular flexibility index (Phi) is 9.21. The Morgan fingerprint density at radius 2 is 2.00 bits per heavy atom. The van der Waals surface area contributed by atoms with Crippen molar-refractivity contribution in [3.63, 3.8) is 0 Å². The van der Waals surface area contributed by atoms with E-state index in [1.54, 1.807) is 41.3 Å². The average molecular weight is 471 g/mol. The van der Waals surface area contributed by atoms with Gasteiger partial charge in [-0.3, -0.25) is 24.1 Å². The Morgan fingerprint density at radius 1 is 1.21 bits per heavy atom. The molecule has 10 heteroatoms. The first kappa shape index (κ1) is 25.0. The number of rotatable bonds is 11. The fourth-order valence-electron chi connectivity index (χ4n) is 3.49. The number of unbranched alkanes of at least 4 members (excludes halogenated alkanes) is 1. The zero-order chi connectivity index (χ0) is 24.3. The molecule has 1 aromatic heterocycles. The molecule has 1 aromatic carbocycles. The number of ether oxygens (including phenoxy) is 1. The molecule has 1 saturated heterocycles. The van der Waals surface area contributed by atoms with Crippen molar-refractivity contribution in [3.8, 4) is 0 Å². The van der Waals surface area contributed by atoms with Gasteiger partial charge in [-0.05, 0) is 42.8 Å². The van der Waals surface area contributed by atoms with Crippen molar-refractivity contribution >= 4 is 29.4 Å². The van der Waals surface area contributed by atoms with E-state index in [1.807, 2.05) is 6.92 Å². The van der Waals surface area contributed by atoms with Gasteiger partial charge < -0.3 is 25.1 Å². The Labute approximate surface area is 198 Å². The normalized spacial score (nSPS) is 15.9. The minimum absolute atomic E-state index is 0.0499. The van der Waals surface area contributed by atoms with Crippen LogP contribution in [0.25, 0.3) is 0 Å². The zero-order valence-corrected chi connectivity index (χ0v) is 19.2. The van der Waals surface area contributed by atoms with Crippen LogP contribution in [0.1, 0.15) is 42.3 Å². The Bertz CT molecular complexity index is 974. The lowest BCUT2D eigenvalue weighted by atomic mass is 10.1. The number of carbonyl (C=O) groups is 4. The first-order valence-electron chi connectivity index (χ1n) is 11.3. The van der Waals surface area contributed by atoms with Crippen molar-refractivity contribution in [1.82, 2.24) is 15.5 Å². The third kappa shape index (κ3) is 7.45. The second-order valence-electron chi connectivity index (χ2n) is 7.94. The monoisotopic (exact) mass is 470 g/mol. The van der Waals surface area contributed by atoms with Crippen molar-refractivity contribution in [2.24, 2.45) is 0 Å². The molecule has 0 bridgehead atoms. The molecule has 2 aromatic rings. The first-order chi connectivity index (χ1) is 16.5. The standard InChI is InChI=1S/C24H30N4O6/c1-2-3-12-34-22(30)14-20-24(32)25-10-11-28(20)16-21(29)27-18-8-6-17(7-9-18)23(31)26-15-19-5-4-13-33-19/h4-9,13,20H,2-3,10-12,14-16H2,1H3,(H,25,32)(H,26,31)(H,27,29). The van der Waals surface area contributed by atoms with E-state index >= 15 is 0 Å². The Hall–Kier alpha value is -3.66. The van der Waals surface area contributed by atoms with E-state index in [4.69, 9.17) is 9.15 Å². The van der Waals surface area contributed by atoms with Gasteiger partial charge in [0.2, 0.25) is 11.8 Å². The van der Waals surface area contributed by atoms with Gasteiger partial charge in [0.1, 0.15) is 11.8 Å². The quantitative estimate of drug-likeness (QED) is 0.336. The molecule has 0 aliphatic carbocycles. The van der Waals surface area contributed by atoms with Crippen LogP contribution in [0.5, 0.6) is 0 Å². The SMILES string of the molecule is CCCCOC(=O)CC1C(=O)NCCN1CC(=O)Nc1ccc(C(=O)NCc2ccco2)cc1. The molecule has 3 rings (SSSR count). The zero-order valence-electron chi connectivity index (χ0n) is 19.2. The minimum Gasteiger partial charge on any atom is -0.467 e. The molecule has 1 atom stereocenters. The van der Waals surface area contributed by atoms with Gasteiger partial charge in [-0.1, -0.05) is 13.3 Å². The molecule has 0 saturated carbocycles. The number of amides is 3. The Morgan fingerprint density at radius 3 is 2.71 bits per heavy atom. The van der Waals surface area contributed by atoms with E-state index in [9.17, 15) is 19.2 Å². The van der Waals surface area contributed by atoms with Crippen molar-refractivity contribution < 1.29 is 28.3 Å². The molecule has 3 N–H and O–H groups in total. The van der Waals surface area contributed by atoms with Crippen molar-refractivity contribution in [1.29, 1.82) is 0 Å². The maximum atomic E-state index is 12.6. The molecule has 1 aliphatic rings. The molecule has 1 fully saturated rings. The molecule has 0 spiro atoms. The summed E-state index contributed by atoms with van der Waals surface area (Å²) in [5.74, 6) is -0.689. The smallest absolute Gasteiger partial charge is 0.307 e. The van der Waals surface area contributed by atoms with Crippen LogP contribution in [-0.4, -0.2) is 60.9 Å². The topological polar surface area (TPSA) is 130 Å². The number of benzene rings is 1. The fraction of sp³-hybridized carbons (Fsp3) is 0.417. The number of carbonyl (C=O) groups excluding carboxylic acids is 4. The van der Waals surface area contributed by atoms with Crippen LogP contribution in [0, 0.1) is 0 Å². The highest BCUT2D eigenvalue weighted by atomic mass is 16.5. The first-order valence-corrected chi connectivity index (χ1v) is 11.3. The predicted molar refractivity (Wildman–Crippen MR) is 124 cm³/mol. The highest BCUT2D eigenvalue weighted by Gasteiger charge is 2.33. The highest BCUT2D eigenvalue weighted by molar-refractivity contribution is 5.96. The van der Waals surface area contributed by atoms with E-state index in [-0.39, 0.29) is 37.2 Å². The summed E-state index contributed by atoms with van der Waals surface area (Å²) in [6, 6.07) is 9.24. The van der Waals surface area contributed by atoms with Gasteiger partial charge >= 0.3 is 5.97 Å². The lowest BCUT2D eigenvalue weighted by Gasteiger charge is -2.33. The summed E-state index contributed by atoms with van der Waals surface area (Å²) in [5, 5.41) is 8.25. The van der Waals surface area contributed by atoms with Gasteiger partial charge in [0.25, 0.3) is 5.91 Å². The number of furan rings is 1. The number of hydrogen-bond donors (Lipinski definition) is 3. The molecule has 2 heterocycles. The van der Waals surface area contributed by atoms with Crippen molar-refractivity contribution in [3.05, 3.63) is 54.0 Å². The Balaban J connectivity index is 1.50. The number of hydrogen-bond acceptors (Lipinski definition) is 7. The average Bonchev–Trinajstić information content (AvgIpc) is 3.34. The summed E-state index contributed by atoms with van der Waals surface area (Å²) >= 11 is 0. The summed E-state index contributed by atoms with van der Waals surface area (Å²) in [4.78, 5) is 50.9. The molecule has 182 valence electrons. The molecule has 3 amide bonds. The summed E-state index contributed by atoms with van der Waals surface area (Å²) in [7, 11) is 0. The van der Waals surface area contributed by atoms with Gasteiger partial charge in [0, 0.05) is 24.3 Å². The van der Waals surface area contributed by atoms with Crippen LogP contribution in [0.15, 0.2) is 47.1 Å². The van der Waals surface area contributed by atoms with Crippen LogP contribution in [-0.2, 0) is 25.7 Å². The predicted octanol–water partition coefficient (Wildman–Crippen LogP) is 1.68. The number of nitrogens with zero attached hydrogens (tertiary/aromatic N) is 1. The summed E-state index contributed by atoms with van der Waals surface area (Å²) in [5.41, 5.74) is 0.962. The molecule has 10 nitrogen and oxygen atoms in total. The van der Waals surface area contributed by atoms with Crippen LogP contribution in [0.3, 0.4) is 0 Å². The lowest BCUT2D eigenvalue weighted by molar-refractivity contribution is -0.149. The maximum absolute atomic E-state index is 12.6. The third-order valence-electron chi connectivity index (χ3n) is 5.34. The number of piperazine rings is 1. The maximum Gasteiger partial charge on any atom is 0.307 e. The van der Waals surface area contributed by atoms with E-state index in [0.29, 0.717) is 36.7 Å². The molecule has 34 heavy (non-hydrogen) atoms. The second-order valence-corrected chi connectivity index (χ2v) is 7.94. The second kappa shape index (κ2) is 12.5. The molecule has 0 radical (unpaired) electrons. The van der Waals surface area contributed by atoms with Crippen LogP contribution in [0.4, 0.5) is 5.69 Å². The lowest BCUT2D eigenvalue weighted by Crippen LogP contribution is -2.57. The fourth-order valence-corrected chi connectivity index (χ4v) is 3.49. The van der Waals surface area contributed by atoms with Gasteiger partial charge in [-0.25, -0.2) is 0 Å². The van der Waals surface area contributed by atoms with Gasteiger partial charge in [0.15, 0.2) is 0 Å². The van der Waals surface area contributed by atoms with Crippen LogP contribution >= 0.6 is 0 Å². The molecule has 1 aliphatic heterocycles. The van der Waals surface area contributed by atoms with Crippen molar-refractivity contribution in [2.45, 2.75) is 38.8 Å². The van der Waals surface area contributed by atoms with E-state index < -0.39 is 12.0 Å². The summed E-state index contributed by atoms with van der Waals surface area (Å²) < 4.78 is 10.4. The summed E-state index contributed by atoms with van der Waals surface area (Å²) in [6.07, 6.45) is 3.10. The number of nitrogens with one attached hydrogen (secondary N) is 3. The molecular weight excluding hydrogens is 440 g/mol. The van der Waals surface area contributed by atoms with Gasteiger partial charge in [-0.15, -0.1) is 0 Å². The highest BCUT2D eigenvalue weighted by Crippen LogP contribution is 2.13.